The first kappa shape index (κ1) is 27.9. The summed E-state index contributed by atoms with van der Waals surface area (Å²) in [6.45, 7) is 8.29. The van der Waals surface area contributed by atoms with Crippen molar-refractivity contribution in [2.45, 2.75) is 40.7 Å². The molecule has 4 rings (SSSR count). The Kier molecular flexibility index (Phi) is 7.52. The molecule has 0 amide bonds. The lowest BCUT2D eigenvalue weighted by Gasteiger charge is -2.30. The lowest BCUT2D eigenvalue weighted by molar-refractivity contribution is 0.341. The van der Waals surface area contributed by atoms with Crippen molar-refractivity contribution in [1.29, 1.82) is 0 Å². The lowest BCUT2D eigenvalue weighted by atomic mass is 9.92. The topological polar surface area (TPSA) is 163 Å². The molecule has 0 fully saturated rings. The molecule has 14 heteroatoms. The third-order valence-electron chi connectivity index (χ3n) is 5.73. The molecule has 12 nitrogen and oxygen atoms in total. The minimum atomic E-state index is -3.94. The zero-order valence-corrected chi connectivity index (χ0v) is 23.6. The maximum atomic E-state index is 14.0. The average Bonchev–Trinajstić information content (AvgIpc) is 3.32. The lowest BCUT2D eigenvalue weighted by Crippen LogP contribution is -2.34. The Labute approximate surface area is 222 Å². The Morgan fingerprint density at radius 2 is 2.00 bits per heavy atom. The predicted octanol–water partition coefficient (Wildman–Crippen LogP) is 4.61. The molecule has 38 heavy (non-hydrogen) atoms. The Bertz CT molecular complexity index is 1470. The summed E-state index contributed by atoms with van der Waals surface area (Å²) in [4.78, 5) is 13.7. The van der Waals surface area contributed by atoms with Crippen LogP contribution in [0.2, 0.25) is 0 Å². The standard InChI is InChI=1S/C24H33N6O6PS/c1-6-36-37(33)19-14-16(28-38(5,34)35)8-9-17(19)26-22(27-37)20-21(31)18(30-12-7-11-25-30)15-29(23(20)32)13-10-24(2,3)4/h7-9,11-12,14-15,28,31,34-35H,6,10,13H2,1-5H3,(H,26,27,33). The average molecular weight is 565 g/mol. The molecule has 0 aliphatic carbocycles. The number of benzene rings is 1. The molecule has 0 saturated carbocycles. The number of aryl methyl sites for hydroxylation is 1. The third kappa shape index (κ3) is 5.97. The van der Waals surface area contributed by atoms with Gasteiger partial charge in [-0.15, -0.1) is 10.8 Å². The van der Waals surface area contributed by atoms with Gasteiger partial charge in [0, 0.05) is 31.4 Å². The summed E-state index contributed by atoms with van der Waals surface area (Å²) in [6, 6.07) is 6.27. The Morgan fingerprint density at radius 1 is 1.26 bits per heavy atom. The Morgan fingerprint density at radius 3 is 2.61 bits per heavy atom. The second-order valence-electron chi connectivity index (χ2n) is 10.2. The van der Waals surface area contributed by atoms with Crippen LogP contribution in [-0.4, -0.2) is 47.3 Å². The highest BCUT2D eigenvalue weighted by molar-refractivity contribution is 8.24. The van der Waals surface area contributed by atoms with Gasteiger partial charge in [-0.2, -0.15) is 9.86 Å². The van der Waals surface area contributed by atoms with Crippen molar-refractivity contribution in [1.82, 2.24) is 14.3 Å². The van der Waals surface area contributed by atoms with Crippen LogP contribution in [0.25, 0.3) is 5.69 Å². The van der Waals surface area contributed by atoms with E-state index in [-0.39, 0.29) is 40.2 Å². The monoisotopic (exact) mass is 564 g/mol. The first-order valence-electron chi connectivity index (χ1n) is 11.9. The molecule has 0 bridgehead atoms. The smallest absolute Gasteiger partial charge is 0.348 e. The van der Waals surface area contributed by atoms with Crippen LogP contribution in [0, 0.1) is 5.41 Å². The van der Waals surface area contributed by atoms with E-state index in [0.29, 0.717) is 24.3 Å². The molecule has 1 aliphatic rings. The van der Waals surface area contributed by atoms with E-state index < -0.39 is 23.9 Å². The van der Waals surface area contributed by atoms with E-state index in [1.165, 1.54) is 21.6 Å². The van der Waals surface area contributed by atoms with Crippen LogP contribution < -0.4 is 20.9 Å². The molecular weight excluding hydrogens is 531 g/mol. The van der Waals surface area contributed by atoms with Gasteiger partial charge in [-0.3, -0.25) is 23.2 Å². The summed E-state index contributed by atoms with van der Waals surface area (Å²) in [6.07, 6.45) is 6.64. The molecule has 3 aromatic rings. The summed E-state index contributed by atoms with van der Waals surface area (Å²) in [5, 5.41) is 18.7. The highest BCUT2D eigenvalue weighted by Crippen LogP contribution is 2.53. The van der Waals surface area contributed by atoms with Crippen LogP contribution in [-0.2, 0) is 15.6 Å². The van der Waals surface area contributed by atoms with Crippen LogP contribution in [0.4, 0.5) is 11.4 Å². The maximum absolute atomic E-state index is 14.0. The molecular formula is C24H33N6O6PS. The van der Waals surface area contributed by atoms with Gasteiger partial charge in [-0.25, -0.2) is 4.68 Å². The minimum Gasteiger partial charge on any atom is -0.505 e. The van der Waals surface area contributed by atoms with E-state index in [4.69, 9.17) is 4.52 Å². The zero-order valence-electron chi connectivity index (χ0n) is 21.9. The van der Waals surface area contributed by atoms with Crippen LogP contribution in [0.3, 0.4) is 0 Å². The van der Waals surface area contributed by atoms with Gasteiger partial charge >= 0.3 is 7.52 Å². The number of pyridine rings is 1. The van der Waals surface area contributed by atoms with Gasteiger partial charge in [0.25, 0.3) is 5.56 Å². The number of rotatable bonds is 8. The summed E-state index contributed by atoms with van der Waals surface area (Å²) < 4.78 is 49.1. The summed E-state index contributed by atoms with van der Waals surface area (Å²) >= 11 is 0. The predicted molar refractivity (Wildman–Crippen MR) is 151 cm³/mol. The first-order valence-corrected chi connectivity index (χ1v) is 15.5. The maximum Gasteiger partial charge on any atom is 0.348 e. The fourth-order valence-corrected chi connectivity index (χ4v) is 6.31. The third-order valence-corrected chi connectivity index (χ3v) is 8.40. The van der Waals surface area contributed by atoms with Gasteiger partial charge in [0.05, 0.1) is 23.3 Å². The largest absolute Gasteiger partial charge is 0.505 e. The Hall–Kier alpha value is -3.09. The number of nitrogens with one attached hydrogen (secondary N) is 2. The number of hydrogen-bond acceptors (Lipinski definition) is 9. The molecule has 1 unspecified atom stereocenters. The molecule has 0 radical (unpaired) electrons. The second-order valence-corrected chi connectivity index (χ2v) is 14.0. The van der Waals surface area contributed by atoms with Crippen molar-refractivity contribution in [3.8, 4) is 11.4 Å². The van der Waals surface area contributed by atoms with Crippen LogP contribution in [0.1, 0.15) is 39.7 Å². The molecule has 1 aromatic carbocycles. The van der Waals surface area contributed by atoms with Crippen molar-refractivity contribution >= 4 is 40.8 Å². The van der Waals surface area contributed by atoms with E-state index >= 15 is 0 Å². The molecule has 2 aromatic heterocycles. The number of aromatic nitrogens is 3. The number of amidine groups is 1. The van der Waals surface area contributed by atoms with E-state index in [1.807, 2.05) is 0 Å². The van der Waals surface area contributed by atoms with E-state index in [9.17, 15) is 23.6 Å². The van der Waals surface area contributed by atoms with Crippen LogP contribution in [0.15, 0.2) is 52.4 Å². The highest BCUT2D eigenvalue weighted by Gasteiger charge is 2.36. The van der Waals surface area contributed by atoms with Crippen LogP contribution in [0.5, 0.6) is 5.75 Å². The normalized spacial score (nSPS) is 17.9. The van der Waals surface area contributed by atoms with Gasteiger partial charge in [0.15, 0.2) is 11.6 Å². The summed E-state index contributed by atoms with van der Waals surface area (Å²) in [5.41, 5.74) is 0.170. The van der Waals surface area contributed by atoms with Crippen LogP contribution >= 0.6 is 18.3 Å². The SMILES string of the molecule is CCOP1(=O)N=C(c2c(O)c(-n3cccn3)cn(CCC(C)(C)C)c2=O)Nc2ccc(NS(C)(O)O)cc21. The van der Waals surface area contributed by atoms with Crippen molar-refractivity contribution in [2.24, 2.45) is 10.2 Å². The zero-order chi connectivity index (χ0) is 27.9. The fraction of sp³-hybridized carbons (Fsp3) is 0.375. The van der Waals surface area contributed by atoms with Gasteiger partial charge in [-0.1, -0.05) is 20.8 Å². The molecule has 0 saturated heterocycles. The highest BCUT2D eigenvalue weighted by atomic mass is 32.3. The number of hydrogen-bond donors (Lipinski definition) is 5. The van der Waals surface area contributed by atoms with Crippen molar-refractivity contribution in [3.63, 3.8) is 0 Å². The minimum absolute atomic E-state index is 0.0553. The molecule has 5 N–H and O–H groups in total. The van der Waals surface area contributed by atoms with Crippen molar-refractivity contribution in [3.05, 3.63) is 58.8 Å². The molecule has 1 atom stereocenters. The number of anilines is 2. The number of fused-ring (bicyclic) bond motifs is 1. The van der Waals surface area contributed by atoms with Gasteiger partial charge < -0.3 is 19.5 Å². The molecule has 1 aliphatic heterocycles. The Balaban J connectivity index is 1.89. The van der Waals surface area contributed by atoms with Gasteiger partial charge in [0.2, 0.25) is 0 Å². The molecule has 206 valence electrons. The van der Waals surface area contributed by atoms with E-state index in [1.54, 1.807) is 43.7 Å². The van der Waals surface area contributed by atoms with Crippen molar-refractivity contribution in [2.75, 3.05) is 22.9 Å². The quantitative estimate of drug-likeness (QED) is 0.246. The summed E-state index contributed by atoms with van der Waals surface area (Å²) in [5.74, 6) is -0.475. The van der Waals surface area contributed by atoms with Gasteiger partial charge in [-0.05, 0) is 43.0 Å². The molecule has 0 spiro atoms. The number of nitrogens with zero attached hydrogens (tertiary/aromatic N) is 4. The van der Waals surface area contributed by atoms with E-state index in [0.717, 1.165) is 0 Å². The fourth-order valence-electron chi connectivity index (χ4n) is 3.94. The summed E-state index contributed by atoms with van der Waals surface area (Å²) in [7, 11) is -7.03. The van der Waals surface area contributed by atoms with E-state index in [2.05, 4.69) is 40.7 Å². The molecule has 3 heterocycles. The second kappa shape index (κ2) is 10.2. The first-order chi connectivity index (χ1) is 17.7. The number of aromatic hydroxyl groups is 1. The van der Waals surface area contributed by atoms with Gasteiger partial charge in [0.1, 0.15) is 11.3 Å². The van der Waals surface area contributed by atoms with Crippen molar-refractivity contribution < 1.29 is 23.3 Å².